The molecule has 108 valence electrons. The van der Waals surface area contributed by atoms with Gasteiger partial charge < -0.3 is 10.6 Å². The number of aryl methyl sites for hydroxylation is 1. The molecule has 0 radical (unpaired) electrons. The predicted octanol–water partition coefficient (Wildman–Crippen LogP) is 3.36. The number of rotatable bonds is 2. The van der Waals surface area contributed by atoms with Gasteiger partial charge in [0, 0.05) is 10.7 Å². The smallest absolute Gasteiger partial charge is 0.314 e. The van der Waals surface area contributed by atoms with Gasteiger partial charge in [-0.1, -0.05) is 29.8 Å². The maximum atomic E-state index is 13.4. The minimum Gasteiger partial charge on any atom is -0.318 e. The second-order valence-corrected chi connectivity index (χ2v) is 4.76. The highest BCUT2D eigenvalue weighted by Gasteiger charge is 2.15. The van der Waals surface area contributed by atoms with Gasteiger partial charge in [0.25, 0.3) is 0 Å². The van der Waals surface area contributed by atoms with Crippen LogP contribution < -0.4 is 10.6 Å². The summed E-state index contributed by atoms with van der Waals surface area (Å²) in [6.07, 6.45) is 0. The van der Waals surface area contributed by atoms with Gasteiger partial charge in [0.2, 0.25) is 0 Å². The number of hydrogen-bond acceptors (Lipinski definition) is 2. The molecule has 0 aliphatic carbocycles. The summed E-state index contributed by atoms with van der Waals surface area (Å²) in [4.78, 5) is 23.4. The van der Waals surface area contributed by atoms with Crippen molar-refractivity contribution in [3.05, 3.63) is 58.9 Å². The first-order valence-electron chi connectivity index (χ1n) is 6.10. The number of halogens is 2. The van der Waals surface area contributed by atoms with Crippen molar-refractivity contribution in [1.82, 2.24) is 0 Å². The van der Waals surface area contributed by atoms with Crippen LogP contribution in [-0.4, -0.2) is 11.8 Å². The van der Waals surface area contributed by atoms with Crippen LogP contribution in [0.15, 0.2) is 42.5 Å². The van der Waals surface area contributed by atoms with Crippen molar-refractivity contribution >= 4 is 34.8 Å². The molecule has 2 aromatic rings. The highest BCUT2D eigenvalue weighted by molar-refractivity contribution is 6.43. The van der Waals surface area contributed by atoms with E-state index in [-0.39, 0.29) is 5.69 Å². The summed E-state index contributed by atoms with van der Waals surface area (Å²) in [5.41, 5.74) is 1.18. The third kappa shape index (κ3) is 3.79. The topological polar surface area (TPSA) is 58.2 Å². The van der Waals surface area contributed by atoms with E-state index in [1.54, 1.807) is 18.2 Å². The number of hydrogen-bond donors (Lipinski definition) is 2. The first-order chi connectivity index (χ1) is 9.97. The number of para-hydroxylation sites is 1. The molecule has 0 saturated carbocycles. The van der Waals surface area contributed by atoms with Gasteiger partial charge in [-0.25, -0.2) is 4.39 Å². The van der Waals surface area contributed by atoms with Gasteiger partial charge in [-0.15, -0.1) is 0 Å². The Hall–Kier alpha value is -2.40. The zero-order valence-electron chi connectivity index (χ0n) is 11.1. The normalized spacial score (nSPS) is 10.0. The molecule has 0 spiro atoms. The molecule has 0 aromatic heterocycles. The van der Waals surface area contributed by atoms with Gasteiger partial charge in [-0.05, 0) is 36.8 Å². The SMILES string of the molecule is Cc1ccc(NC(=O)C(=O)Nc2ccccc2F)cc1Cl. The van der Waals surface area contributed by atoms with E-state index >= 15 is 0 Å². The van der Waals surface area contributed by atoms with E-state index in [0.717, 1.165) is 5.56 Å². The van der Waals surface area contributed by atoms with Gasteiger partial charge in [-0.3, -0.25) is 9.59 Å². The monoisotopic (exact) mass is 306 g/mol. The number of carbonyl (C=O) groups is 2. The van der Waals surface area contributed by atoms with E-state index in [1.807, 2.05) is 6.92 Å². The largest absolute Gasteiger partial charge is 0.318 e. The zero-order chi connectivity index (χ0) is 15.4. The number of anilines is 2. The minimum absolute atomic E-state index is 0.0559. The maximum Gasteiger partial charge on any atom is 0.314 e. The molecule has 0 aliphatic rings. The van der Waals surface area contributed by atoms with Crippen LogP contribution in [0.1, 0.15) is 5.56 Å². The van der Waals surface area contributed by atoms with Crippen LogP contribution in [0, 0.1) is 12.7 Å². The van der Waals surface area contributed by atoms with Crippen molar-refractivity contribution in [2.75, 3.05) is 10.6 Å². The molecule has 0 aliphatic heterocycles. The van der Waals surface area contributed by atoms with E-state index in [0.29, 0.717) is 10.7 Å². The summed E-state index contributed by atoms with van der Waals surface area (Å²) in [7, 11) is 0. The van der Waals surface area contributed by atoms with E-state index in [1.165, 1.54) is 24.3 Å². The summed E-state index contributed by atoms with van der Waals surface area (Å²) in [5, 5.41) is 5.06. The zero-order valence-corrected chi connectivity index (χ0v) is 11.9. The molecule has 21 heavy (non-hydrogen) atoms. The quantitative estimate of drug-likeness (QED) is 0.836. The fourth-order valence-electron chi connectivity index (χ4n) is 1.60. The molecule has 4 nitrogen and oxygen atoms in total. The number of nitrogens with one attached hydrogen (secondary N) is 2. The molecular formula is C15H12ClFN2O2. The van der Waals surface area contributed by atoms with Crippen molar-refractivity contribution < 1.29 is 14.0 Å². The Balaban J connectivity index is 2.04. The lowest BCUT2D eigenvalue weighted by molar-refractivity contribution is -0.133. The Morgan fingerprint density at radius 1 is 1.05 bits per heavy atom. The van der Waals surface area contributed by atoms with Crippen molar-refractivity contribution in [1.29, 1.82) is 0 Å². The number of amides is 2. The Morgan fingerprint density at radius 2 is 1.71 bits per heavy atom. The molecule has 0 bridgehead atoms. The first kappa shape index (κ1) is 15.0. The minimum atomic E-state index is -0.961. The summed E-state index contributed by atoms with van der Waals surface area (Å²) < 4.78 is 13.4. The van der Waals surface area contributed by atoms with E-state index in [4.69, 9.17) is 11.6 Å². The van der Waals surface area contributed by atoms with Gasteiger partial charge >= 0.3 is 11.8 Å². The lowest BCUT2D eigenvalue weighted by Gasteiger charge is -2.08. The molecule has 2 amide bonds. The molecule has 2 rings (SSSR count). The highest BCUT2D eigenvalue weighted by Crippen LogP contribution is 2.20. The molecule has 0 heterocycles. The van der Waals surface area contributed by atoms with Gasteiger partial charge in [0.15, 0.2) is 0 Å². The van der Waals surface area contributed by atoms with Crippen LogP contribution in [0.2, 0.25) is 5.02 Å². The standard InChI is InChI=1S/C15H12ClFN2O2/c1-9-6-7-10(8-11(9)16)18-14(20)15(21)19-13-5-3-2-4-12(13)17/h2-8H,1H3,(H,18,20)(H,19,21). The second-order valence-electron chi connectivity index (χ2n) is 4.35. The van der Waals surface area contributed by atoms with Crippen LogP contribution in [0.5, 0.6) is 0 Å². The van der Waals surface area contributed by atoms with Crippen molar-refractivity contribution in [2.24, 2.45) is 0 Å². The number of benzene rings is 2. The average molecular weight is 307 g/mol. The van der Waals surface area contributed by atoms with E-state index in [9.17, 15) is 14.0 Å². The Morgan fingerprint density at radius 3 is 2.38 bits per heavy atom. The van der Waals surface area contributed by atoms with Gasteiger partial charge in [0.05, 0.1) is 5.69 Å². The van der Waals surface area contributed by atoms with Crippen LogP contribution >= 0.6 is 11.6 Å². The van der Waals surface area contributed by atoms with Crippen molar-refractivity contribution in [3.8, 4) is 0 Å². The molecule has 0 saturated heterocycles. The molecule has 2 N–H and O–H groups in total. The molecule has 0 atom stereocenters. The number of carbonyl (C=O) groups excluding carboxylic acids is 2. The highest BCUT2D eigenvalue weighted by atomic mass is 35.5. The van der Waals surface area contributed by atoms with Crippen LogP contribution in [0.25, 0.3) is 0 Å². The fourth-order valence-corrected chi connectivity index (χ4v) is 1.78. The van der Waals surface area contributed by atoms with E-state index in [2.05, 4.69) is 10.6 Å². The van der Waals surface area contributed by atoms with Gasteiger partial charge in [-0.2, -0.15) is 0 Å². The fraction of sp³-hybridized carbons (Fsp3) is 0.0667. The van der Waals surface area contributed by atoms with Crippen LogP contribution in [0.4, 0.5) is 15.8 Å². The van der Waals surface area contributed by atoms with Crippen LogP contribution in [0.3, 0.4) is 0 Å². The first-order valence-corrected chi connectivity index (χ1v) is 6.48. The van der Waals surface area contributed by atoms with E-state index < -0.39 is 17.6 Å². The third-order valence-electron chi connectivity index (χ3n) is 2.76. The Kier molecular flexibility index (Phi) is 4.55. The van der Waals surface area contributed by atoms with Crippen LogP contribution in [-0.2, 0) is 9.59 Å². The molecule has 0 unspecified atom stereocenters. The van der Waals surface area contributed by atoms with Crippen molar-refractivity contribution in [2.45, 2.75) is 6.92 Å². The lowest BCUT2D eigenvalue weighted by Crippen LogP contribution is -2.29. The summed E-state index contributed by atoms with van der Waals surface area (Å²) in [6.45, 7) is 1.82. The second kappa shape index (κ2) is 6.37. The Labute approximate surface area is 125 Å². The average Bonchev–Trinajstić information content (AvgIpc) is 2.45. The summed E-state index contributed by atoms with van der Waals surface area (Å²) in [5.74, 6) is -2.48. The Bertz CT molecular complexity index is 704. The van der Waals surface area contributed by atoms with Gasteiger partial charge in [0.1, 0.15) is 5.82 Å². The molecular weight excluding hydrogens is 295 g/mol. The molecule has 2 aromatic carbocycles. The lowest BCUT2D eigenvalue weighted by atomic mass is 10.2. The summed E-state index contributed by atoms with van der Waals surface area (Å²) >= 11 is 5.93. The maximum absolute atomic E-state index is 13.4. The summed E-state index contributed by atoms with van der Waals surface area (Å²) in [6, 6.07) is 10.5. The third-order valence-corrected chi connectivity index (χ3v) is 3.17. The molecule has 0 fully saturated rings. The van der Waals surface area contributed by atoms with Crippen molar-refractivity contribution in [3.63, 3.8) is 0 Å². The molecule has 6 heteroatoms. The predicted molar refractivity (Wildman–Crippen MR) is 79.8 cm³/mol.